The molecule has 0 atom stereocenters. The first-order chi connectivity index (χ1) is 9.84. The van der Waals surface area contributed by atoms with Gasteiger partial charge in [-0.3, -0.25) is 0 Å². The smallest absolute Gasteiger partial charge is 0.115 e. The van der Waals surface area contributed by atoms with Gasteiger partial charge in [-0.05, 0) is 40.5 Å². The normalized spacial score (nSPS) is 11.8. The Balaban J connectivity index is 0.000000147. The predicted octanol–water partition coefficient (Wildman–Crippen LogP) is 4.80. The van der Waals surface area contributed by atoms with Crippen LogP contribution in [0.5, 0.6) is 5.75 Å². The number of phenols is 1. The van der Waals surface area contributed by atoms with Gasteiger partial charge in [-0.25, -0.2) is 0 Å². The number of phenolic OH excluding ortho intramolecular Hbond substituents is 1. The number of hydrogen-bond acceptors (Lipinski definition) is 1. The summed E-state index contributed by atoms with van der Waals surface area (Å²) in [6.07, 6.45) is 5.53. The summed E-state index contributed by atoms with van der Waals surface area (Å²) in [5.74, 6) is 0.322. The number of benzene rings is 3. The van der Waals surface area contributed by atoms with Gasteiger partial charge in [0.05, 0.1) is 0 Å². The SMILES string of the molecule is C1=Cc2cccc3cccc(c23)C1.Oc1ccccc1. The van der Waals surface area contributed by atoms with Gasteiger partial charge in [0.15, 0.2) is 0 Å². The van der Waals surface area contributed by atoms with E-state index >= 15 is 0 Å². The molecule has 0 fully saturated rings. The highest BCUT2D eigenvalue weighted by Gasteiger charge is 2.06. The first kappa shape index (κ1) is 12.5. The lowest BCUT2D eigenvalue weighted by Gasteiger charge is -2.11. The van der Waals surface area contributed by atoms with Gasteiger partial charge in [0.1, 0.15) is 5.75 Å². The molecule has 0 saturated heterocycles. The second kappa shape index (κ2) is 5.62. The Labute approximate surface area is 118 Å². The average molecular weight is 260 g/mol. The fraction of sp³-hybridized carbons (Fsp3) is 0.0526. The third kappa shape index (κ3) is 2.57. The van der Waals surface area contributed by atoms with E-state index in [0.29, 0.717) is 5.75 Å². The molecule has 4 rings (SSSR count). The predicted molar refractivity (Wildman–Crippen MR) is 84.8 cm³/mol. The molecule has 98 valence electrons. The summed E-state index contributed by atoms with van der Waals surface area (Å²) in [6, 6.07) is 21.7. The van der Waals surface area contributed by atoms with Crippen LogP contribution in [0.2, 0.25) is 0 Å². The van der Waals surface area contributed by atoms with Crippen LogP contribution < -0.4 is 0 Å². The molecule has 0 bridgehead atoms. The summed E-state index contributed by atoms with van der Waals surface area (Å²) < 4.78 is 0. The summed E-state index contributed by atoms with van der Waals surface area (Å²) in [7, 11) is 0. The van der Waals surface area contributed by atoms with Crippen molar-refractivity contribution < 1.29 is 5.11 Å². The highest BCUT2D eigenvalue weighted by atomic mass is 16.3. The van der Waals surface area contributed by atoms with E-state index in [1.165, 1.54) is 21.9 Å². The van der Waals surface area contributed by atoms with Crippen molar-refractivity contribution in [1.29, 1.82) is 0 Å². The minimum Gasteiger partial charge on any atom is -0.508 e. The number of hydrogen-bond donors (Lipinski definition) is 1. The third-order valence-corrected chi connectivity index (χ3v) is 3.41. The van der Waals surface area contributed by atoms with Crippen molar-refractivity contribution in [1.82, 2.24) is 0 Å². The van der Waals surface area contributed by atoms with Crippen LogP contribution in [-0.2, 0) is 6.42 Å². The molecule has 0 unspecified atom stereocenters. The zero-order valence-corrected chi connectivity index (χ0v) is 11.2. The van der Waals surface area contributed by atoms with E-state index in [1.54, 1.807) is 24.3 Å². The Morgan fingerprint density at radius 3 is 2.20 bits per heavy atom. The van der Waals surface area contributed by atoms with E-state index < -0.39 is 0 Å². The molecule has 3 aromatic carbocycles. The van der Waals surface area contributed by atoms with E-state index in [1.807, 2.05) is 6.07 Å². The van der Waals surface area contributed by atoms with Crippen LogP contribution in [-0.4, -0.2) is 5.11 Å². The molecule has 0 amide bonds. The van der Waals surface area contributed by atoms with Gasteiger partial charge < -0.3 is 5.11 Å². The minimum absolute atomic E-state index is 0.322. The maximum Gasteiger partial charge on any atom is 0.115 e. The zero-order chi connectivity index (χ0) is 13.8. The summed E-state index contributed by atoms with van der Waals surface area (Å²) in [5, 5.41) is 11.4. The molecule has 0 saturated carbocycles. The van der Waals surface area contributed by atoms with Gasteiger partial charge >= 0.3 is 0 Å². The lowest BCUT2D eigenvalue weighted by molar-refractivity contribution is 0.475. The number of para-hydroxylation sites is 1. The number of rotatable bonds is 0. The fourth-order valence-corrected chi connectivity index (χ4v) is 2.50. The van der Waals surface area contributed by atoms with Crippen molar-refractivity contribution in [3.63, 3.8) is 0 Å². The molecule has 0 aliphatic heterocycles. The maximum absolute atomic E-state index is 8.63. The Kier molecular flexibility index (Phi) is 3.51. The van der Waals surface area contributed by atoms with Gasteiger partial charge in [0.25, 0.3) is 0 Å². The Morgan fingerprint density at radius 2 is 1.50 bits per heavy atom. The van der Waals surface area contributed by atoms with E-state index in [0.717, 1.165) is 6.42 Å². The van der Waals surface area contributed by atoms with Gasteiger partial charge in [0, 0.05) is 0 Å². The molecule has 1 aliphatic rings. The van der Waals surface area contributed by atoms with Crippen LogP contribution >= 0.6 is 0 Å². The molecule has 1 heteroatoms. The highest BCUT2D eigenvalue weighted by Crippen LogP contribution is 2.27. The van der Waals surface area contributed by atoms with Crippen molar-refractivity contribution in [2.75, 3.05) is 0 Å². The molecule has 20 heavy (non-hydrogen) atoms. The Morgan fingerprint density at radius 1 is 0.750 bits per heavy atom. The van der Waals surface area contributed by atoms with E-state index in [-0.39, 0.29) is 0 Å². The quantitative estimate of drug-likeness (QED) is 0.615. The number of allylic oxidation sites excluding steroid dienone is 1. The third-order valence-electron chi connectivity index (χ3n) is 3.41. The fourth-order valence-electron chi connectivity index (χ4n) is 2.50. The van der Waals surface area contributed by atoms with E-state index in [4.69, 9.17) is 5.11 Å². The first-order valence-electron chi connectivity index (χ1n) is 6.76. The highest BCUT2D eigenvalue weighted by molar-refractivity contribution is 5.94. The van der Waals surface area contributed by atoms with Crippen molar-refractivity contribution in [3.05, 3.63) is 83.9 Å². The standard InChI is InChI=1S/C13H10.C6H6O/c1-4-10-6-2-8-12-9-3-7-11(5-1)13(10)12;7-6-4-2-1-3-5-6/h1-8H,9H2;1-5,7H. The van der Waals surface area contributed by atoms with Crippen LogP contribution in [0.1, 0.15) is 11.1 Å². The van der Waals surface area contributed by atoms with Crippen LogP contribution in [0.4, 0.5) is 0 Å². The van der Waals surface area contributed by atoms with Crippen molar-refractivity contribution in [2.24, 2.45) is 0 Å². The summed E-state index contributed by atoms with van der Waals surface area (Å²) in [4.78, 5) is 0. The maximum atomic E-state index is 8.63. The Hall–Kier alpha value is -2.54. The molecule has 0 spiro atoms. The average Bonchev–Trinajstić information content (AvgIpc) is 2.50. The van der Waals surface area contributed by atoms with Crippen LogP contribution in [0.3, 0.4) is 0 Å². The number of aromatic hydroxyl groups is 1. The molecule has 0 aromatic heterocycles. The van der Waals surface area contributed by atoms with E-state index in [2.05, 4.69) is 48.6 Å². The Bertz CT molecular complexity index is 737. The van der Waals surface area contributed by atoms with Gasteiger partial charge in [0.2, 0.25) is 0 Å². The summed E-state index contributed by atoms with van der Waals surface area (Å²) >= 11 is 0. The molecule has 0 radical (unpaired) electrons. The lowest BCUT2D eigenvalue weighted by Crippen LogP contribution is -1.91. The molecule has 1 N–H and O–H groups in total. The van der Waals surface area contributed by atoms with Crippen molar-refractivity contribution in [3.8, 4) is 5.75 Å². The van der Waals surface area contributed by atoms with Crippen LogP contribution in [0.15, 0.2) is 72.8 Å². The van der Waals surface area contributed by atoms with Crippen LogP contribution in [0.25, 0.3) is 16.8 Å². The molecular formula is C19H16O. The summed E-state index contributed by atoms with van der Waals surface area (Å²) in [6.45, 7) is 0. The molecule has 3 aromatic rings. The van der Waals surface area contributed by atoms with Gasteiger partial charge in [-0.15, -0.1) is 0 Å². The topological polar surface area (TPSA) is 20.2 Å². The minimum atomic E-state index is 0.322. The molecule has 1 aliphatic carbocycles. The van der Waals surface area contributed by atoms with Gasteiger partial charge in [-0.2, -0.15) is 0 Å². The first-order valence-corrected chi connectivity index (χ1v) is 6.76. The lowest BCUT2D eigenvalue weighted by atomic mass is 9.93. The van der Waals surface area contributed by atoms with Crippen molar-refractivity contribution >= 4 is 16.8 Å². The van der Waals surface area contributed by atoms with Crippen molar-refractivity contribution in [2.45, 2.75) is 6.42 Å². The van der Waals surface area contributed by atoms with E-state index in [9.17, 15) is 0 Å². The zero-order valence-electron chi connectivity index (χ0n) is 11.2. The molecular weight excluding hydrogens is 244 g/mol. The largest absolute Gasteiger partial charge is 0.508 e. The molecule has 1 nitrogen and oxygen atoms in total. The summed E-state index contributed by atoms with van der Waals surface area (Å²) in [5.41, 5.74) is 2.81. The monoisotopic (exact) mass is 260 g/mol. The second-order valence-corrected chi connectivity index (χ2v) is 4.80. The molecule has 0 heterocycles. The van der Waals surface area contributed by atoms with Crippen LogP contribution in [0, 0.1) is 0 Å². The second-order valence-electron chi connectivity index (χ2n) is 4.80. The van der Waals surface area contributed by atoms with Gasteiger partial charge in [-0.1, -0.05) is 66.7 Å².